The van der Waals surface area contributed by atoms with Gasteiger partial charge in [0.1, 0.15) is 5.75 Å². The first kappa shape index (κ1) is 18.1. The van der Waals surface area contributed by atoms with Crippen LogP contribution in [0.15, 0.2) is 18.2 Å². The van der Waals surface area contributed by atoms with Crippen molar-refractivity contribution in [3.8, 4) is 5.75 Å². The summed E-state index contributed by atoms with van der Waals surface area (Å²) in [5.41, 5.74) is 0.537. The first-order valence-corrected chi connectivity index (χ1v) is 7.83. The summed E-state index contributed by atoms with van der Waals surface area (Å²) in [6, 6.07) is 4.98. The van der Waals surface area contributed by atoms with Gasteiger partial charge in [-0.05, 0) is 18.2 Å². The topological polar surface area (TPSA) is 79.0 Å². The molecule has 0 radical (unpaired) electrons. The van der Waals surface area contributed by atoms with Crippen molar-refractivity contribution in [3.63, 3.8) is 0 Å². The second-order valence-corrected chi connectivity index (χ2v) is 6.16. The SMILES string of the molecule is COc1ccc(Cl)cc1N1CC(C(=O)NCC(=O)N(C)C)CC1=O. The lowest BCUT2D eigenvalue weighted by atomic mass is 10.1. The Morgan fingerprint density at radius 3 is 2.75 bits per heavy atom. The van der Waals surface area contributed by atoms with Gasteiger partial charge in [-0.25, -0.2) is 0 Å². The molecule has 24 heavy (non-hydrogen) atoms. The Bertz CT molecular complexity index is 663. The molecule has 0 saturated carbocycles. The standard InChI is InChI=1S/C16H20ClN3O4/c1-19(2)15(22)8-18-16(23)10-6-14(21)20(9-10)12-7-11(17)4-5-13(12)24-3/h4-5,7,10H,6,8-9H2,1-3H3,(H,18,23). The monoisotopic (exact) mass is 353 g/mol. The second-order valence-electron chi connectivity index (χ2n) is 5.73. The number of benzene rings is 1. The van der Waals surface area contributed by atoms with Crippen LogP contribution in [0.4, 0.5) is 5.69 Å². The molecule has 8 heteroatoms. The number of likely N-dealkylation sites (N-methyl/N-ethyl adjacent to an activating group) is 1. The maximum absolute atomic E-state index is 12.3. The number of hydrogen-bond acceptors (Lipinski definition) is 4. The number of nitrogens with zero attached hydrogens (tertiary/aromatic N) is 2. The maximum Gasteiger partial charge on any atom is 0.241 e. The molecule has 1 saturated heterocycles. The van der Waals surface area contributed by atoms with Gasteiger partial charge in [0.25, 0.3) is 0 Å². The quantitative estimate of drug-likeness (QED) is 0.853. The lowest BCUT2D eigenvalue weighted by Gasteiger charge is -2.20. The van der Waals surface area contributed by atoms with Gasteiger partial charge in [0, 0.05) is 32.1 Å². The molecule has 1 aromatic carbocycles. The first-order valence-electron chi connectivity index (χ1n) is 7.45. The minimum Gasteiger partial charge on any atom is -0.495 e. The van der Waals surface area contributed by atoms with E-state index in [0.717, 1.165) is 0 Å². The smallest absolute Gasteiger partial charge is 0.241 e. The van der Waals surface area contributed by atoms with Crippen LogP contribution in [-0.2, 0) is 14.4 Å². The van der Waals surface area contributed by atoms with Crippen LogP contribution in [0.1, 0.15) is 6.42 Å². The van der Waals surface area contributed by atoms with Crippen LogP contribution in [0.5, 0.6) is 5.75 Å². The fraction of sp³-hybridized carbons (Fsp3) is 0.438. The molecule has 2 rings (SSSR count). The van der Waals surface area contributed by atoms with E-state index in [4.69, 9.17) is 16.3 Å². The van der Waals surface area contributed by atoms with E-state index < -0.39 is 5.92 Å². The zero-order valence-corrected chi connectivity index (χ0v) is 14.6. The van der Waals surface area contributed by atoms with Gasteiger partial charge in [-0.15, -0.1) is 0 Å². The number of carbonyl (C=O) groups is 3. The van der Waals surface area contributed by atoms with Crippen molar-refractivity contribution >= 4 is 35.0 Å². The van der Waals surface area contributed by atoms with Gasteiger partial charge < -0.3 is 19.9 Å². The highest BCUT2D eigenvalue weighted by Gasteiger charge is 2.36. The third-order valence-corrected chi connectivity index (χ3v) is 4.08. The Kier molecular flexibility index (Phi) is 5.66. The molecule has 0 aliphatic carbocycles. The van der Waals surface area contributed by atoms with Crippen LogP contribution in [0.25, 0.3) is 0 Å². The van der Waals surface area contributed by atoms with E-state index in [1.165, 1.54) is 16.9 Å². The van der Waals surface area contributed by atoms with E-state index in [1.807, 2.05) is 0 Å². The molecule has 0 spiro atoms. The van der Waals surface area contributed by atoms with E-state index in [1.54, 1.807) is 32.3 Å². The fourth-order valence-electron chi connectivity index (χ4n) is 2.46. The summed E-state index contributed by atoms with van der Waals surface area (Å²) < 4.78 is 5.26. The molecule has 1 aliphatic heterocycles. The molecule has 1 fully saturated rings. The maximum atomic E-state index is 12.3. The molecule has 0 bridgehead atoms. The molecule has 130 valence electrons. The minimum atomic E-state index is -0.517. The van der Waals surface area contributed by atoms with Gasteiger partial charge in [0.05, 0.1) is 25.3 Å². The highest BCUT2D eigenvalue weighted by Crippen LogP contribution is 2.35. The molecule has 3 amide bonds. The van der Waals surface area contributed by atoms with E-state index in [-0.39, 0.29) is 37.2 Å². The van der Waals surface area contributed by atoms with E-state index in [0.29, 0.717) is 16.5 Å². The van der Waals surface area contributed by atoms with Crippen LogP contribution in [0.3, 0.4) is 0 Å². The minimum absolute atomic E-state index is 0.0810. The molecule has 0 aromatic heterocycles. The predicted octanol–water partition coefficient (Wildman–Crippen LogP) is 0.906. The molecule has 1 N–H and O–H groups in total. The zero-order valence-electron chi connectivity index (χ0n) is 13.8. The number of anilines is 1. The highest BCUT2D eigenvalue weighted by atomic mass is 35.5. The van der Waals surface area contributed by atoms with Crippen molar-refractivity contribution < 1.29 is 19.1 Å². The number of rotatable bonds is 5. The summed E-state index contributed by atoms with van der Waals surface area (Å²) in [6.07, 6.45) is 0.0810. The van der Waals surface area contributed by atoms with Gasteiger partial charge in [-0.2, -0.15) is 0 Å². The number of amides is 3. The predicted molar refractivity (Wildman–Crippen MR) is 90.2 cm³/mol. The average Bonchev–Trinajstić information content (AvgIpc) is 2.93. The van der Waals surface area contributed by atoms with Gasteiger partial charge in [-0.3, -0.25) is 14.4 Å². The number of nitrogens with one attached hydrogen (secondary N) is 1. The van der Waals surface area contributed by atoms with E-state index in [9.17, 15) is 14.4 Å². The zero-order chi connectivity index (χ0) is 17.9. The van der Waals surface area contributed by atoms with E-state index >= 15 is 0 Å². The Balaban J connectivity index is 2.07. The molecular formula is C16H20ClN3O4. The normalized spacial score (nSPS) is 16.9. The van der Waals surface area contributed by atoms with Crippen LogP contribution >= 0.6 is 11.6 Å². The first-order chi connectivity index (χ1) is 11.3. The van der Waals surface area contributed by atoms with Crippen molar-refractivity contribution in [3.05, 3.63) is 23.2 Å². The van der Waals surface area contributed by atoms with Crippen molar-refractivity contribution in [1.82, 2.24) is 10.2 Å². The molecule has 1 heterocycles. The van der Waals surface area contributed by atoms with Crippen LogP contribution in [-0.4, -0.2) is 56.9 Å². The number of carbonyl (C=O) groups excluding carboxylic acids is 3. The molecule has 1 unspecified atom stereocenters. The van der Waals surface area contributed by atoms with Crippen molar-refractivity contribution in [2.75, 3.05) is 39.2 Å². The van der Waals surface area contributed by atoms with Crippen molar-refractivity contribution in [2.45, 2.75) is 6.42 Å². The molecular weight excluding hydrogens is 334 g/mol. The lowest BCUT2D eigenvalue weighted by Crippen LogP contribution is -2.39. The lowest BCUT2D eigenvalue weighted by molar-refractivity contribution is -0.132. The summed E-state index contributed by atoms with van der Waals surface area (Å²) in [5, 5.41) is 3.05. The van der Waals surface area contributed by atoms with Gasteiger partial charge >= 0.3 is 0 Å². The molecule has 1 atom stereocenters. The summed E-state index contributed by atoms with van der Waals surface area (Å²) in [5.74, 6) is -0.717. The molecule has 1 aliphatic rings. The largest absolute Gasteiger partial charge is 0.495 e. The Morgan fingerprint density at radius 2 is 2.12 bits per heavy atom. The Hall–Kier alpha value is -2.28. The third-order valence-electron chi connectivity index (χ3n) is 3.84. The number of methoxy groups -OCH3 is 1. The molecule has 1 aromatic rings. The van der Waals surface area contributed by atoms with Crippen molar-refractivity contribution in [2.24, 2.45) is 5.92 Å². The highest BCUT2D eigenvalue weighted by molar-refractivity contribution is 6.31. The van der Waals surface area contributed by atoms with E-state index in [2.05, 4.69) is 5.32 Å². The van der Waals surface area contributed by atoms with Crippen LogP contribution in [0, 0.1) is 5.92 Å². The number of ether oxygens (including phenoxy) is 1. The van der Waals surface area contributed by atoms with Gasteiger partial charge in [0.2, 0.25) is 17.7 Å². The Labute approximate surface area is 145 Å². The summed E-state index contributed by atoms with van der Waals surface area (Å²) >= 11 is 6.00. The Morgan fingerprint density at radius 1 is 1.42 bits per heavy atom. The van der Waals surface area contributed by atoms with Crippen LogP contribution in [0.2, 0.25) is 5.02 Å². The van der Waals surface area contributed by atoms with Gasteiger partial charge in [-0.1, -0.05) is 11.6 Å². The number of halogens is 1. The molecule has 7 nitrogen and oxygen atoms in total. The van der Waals surface area contributed by atoms with Gasteiger partial charge in [0.15, 0.2) is 0 Å². The third kappa shape index (κ3) is 3.97. The second kappa shape index (κ2) is 7.53. The van der Waals surface area contributed by atoms with Crippen LogP contribution < -0.4 is 15.0 Å². The summed E-state index contributed by atoms with van der Waals surface area (Å²) in [6.45, 7) is 0.133. The summed E-state index contributed by atoms with van der Waals surface area (Å²) in [7, 11) is 4.73. The average molecular weight is 354 g/mol. The number of hydrogen-bond donors (Lipinski definition) is 1. The van der Waals surface area contributed by atoms with Crippen molar-refractivity contribution in [1.29, 1.82) is 0 Å². The fourth-order valence-corrected chi connectivity index (χ4v) is 2.62. The summed E-state index contributed by atoms with van der Waals surface area (Å²) in [4.78, 5) is 38.9.